The lowest BCUT2D eigenvalue weighted by molar-refractivity contribution is 0.482. The second-order valence-corrected chi connectivity index (χ2v) is 14.3. The van der Waals surface area contributed by atoms with E-state index >= 15 is 0 Å². The van der Waals surface area contributed by atoms with Crippen molar-refractivity contribution in [2.45, 2.75) is 133 Å². The second-order valence-electron chi connectivity index (χ2n) is 12.0. The molecule has 2 atom stereocenters. The van der Waals surface area contributed by atoms with Crippen molar-refractivity contribution in [3.63, 3.8) is 0 Å². The van der Waals surface area contributed by atoms with Crippen molar-refractivity contribution in [3.8, 4) is 0 Å². The van der Waals surface area contributed by atoms with E-state index in [9.17, 15) is 0 Å². The maximum absolute atomic E-state index is 2.57. The molecule has 3 aromatic rings. The van der Waals surface area contributed by atoms with Gasteiger partial charge in [0.25, 0.3) is 0 Å². The summed E-state index contributed by atoms with van der Waals surface area (Å²) in [5.74, 6) is 2.88. The van der Waals surface area contributed by atoms with Crippen LogP contribution in [0.1, 0.15) is 140 Å². The second kappa shape index (κ2) is 18.8. The average Bonchev–Trinajstić information content (AvgIpc) is 3.00. The molecule has 0 aliphatic carbocycles. The summed E-state index contributed by atoms with van der Waals surface area (Å²) in [6.07, 6.45) is 15.2. The molecule has 0 saturated carbocycles. The smallest absolute Gasteiger partial charge is 0.0174 e. The standard InChI is InChI=1S/C39H56S2/c1-6-10-14-19-38(32-20-24-36(25-21-32)40-29-12-8-3)33-17-16-18-35(31-33)39(5,28-15-11-7-2)34-22-26-37(27-23-34)41-30-13-9-4/h16-18,20-27,31,38H,6-15,19,28-30H2,1-5H3. The molecule has 0 heterocycles. The van der Waals surface area contributed by atoms with Gasteiger partial charge >= 0.3 is 0 Å². The van der Waals surface area contributed by atoms with Gasteiger partial charge in [0, 0.05) is 21.1 Å². The van der Waals surface area contributed by atoms with Crippen LogP contribution in [0.3, 0.4) is 0 Å². The minimum atomic E-state index is 0.0194. The van der Waals surface area contributed by atoms with Gasteiger partial charge in [0.15, 0.2) is 0 Å². The Bertz CT molecular complexity index is 1100. The first-order valence-electron chi connectivity index (χ1n) is 16.6. The normalized spacial score (nSPS) is 13.7. The van der Waals surface area contributed by atoms with Crippen LogP contribution in [0, 0.1) is 0 Å². The minimum absolute atomic E-state index is 0.0194. The molecule has 3 rings (SSSR count). The molecule has 41 heavy (non-hydrogen) atoms. The summed E-state index contributed by atoms with van der Waals surface area (Å²) in [5, 5.41) is 0. The third kappa shape index (κ3) is 10.5. The highest BCUT2D eigenvalue weighted by Gasteiger charge is 2.29. The molecule has 0 saturated heterocycles. The Morgan fingerprint density at radius 3 is 1.71 bits per heavy atom. The summed E-state index contributed by atoms with van der Waals surface area (Å²) in [6.45, 7) is 11.7. The lowest BCUT2D eigenvalue weighted by atomic mass is 9.71. The van der Waals surface area contributed by atoms with Gasteiger partial charge in [0.05, 0.1) is 0 Å². The van der Waals surface area contributed by atoms with Crippen LogP contribution in [0.4, 0.5) is 0 Å². The summed E-state index contributed by atoms with van der Waals surface area (Å²) in [7, 11) is 0. The van der Waals surface area contributed by atoms with Crippen molar-refractivity contribution in [1.82, 2.24) is 0 Å². The van der Waals surface area contributed by atoms with E-state index in [1.807, 2.05) is 23.5 Å². The highest BCUT2D eigenvalue weighted by molar-refractivity contribution is 7.99. The maximum atomic E-state index is 2.57. The molecule has 0 amide bonds. The zero-order valence-corrected chi connectivity index (χ0v) is 28.4. The van der Waals surface area contributed by atoms with Gasteiger partial charge in [-0.2, -0.15) is 0 Å². The molecule has 0 bridgehead atoms. The highest BCUT2D eigenvalue weighted by atomic mass is 32.2. The Balaban J connectivity index is 1.93. The maximum Gasteiger partial charge on any atom is 0.0174 e. The molecule has 0 spiro atoms. The minimum Gasteiger partial charge on any atom is -0.126 e. The van der Waals surface area contributed by atoms with E-state index < -0.39 is 0 Å². The van der Waals surface area contributed by atoms with Crippen LogP contribution in [0.5, 0.6) is 0 Å². The summed E-state index contributed by atoms with van der Waals surface area (Å²) in [4.78, 5) is 2.81. The first-order valence-corrected chi connectivity index (χ1v) is 18.6. The lowest BCUT2D eigenvalue weighted by Gasteiger charge is -2.32. The fourth-order valence-corrected chi connectivity index (χ4v) is 7.79. The lowest BCUT2D eigenvalue weighted by Crippen LogP contribution is -2.24. The molecule has 0 N–H and O–H groups in total. The van der Waals surface area contributed by atoms with Gasteiger partial charge in [-0.1, -0.05) is 135 Å². The number of thioether (sulfide) groups is 2. The van der Waals surface area contributed by atoms with Crippen LogP contribution < -0.4 is 0 Å². The van der Waals surface area contributed by atoms with E-state index in [1.54, 1.807) is 0 Å². The van der Waals surface area contributed by atoms with Gasteiger partial charge in [0.2, 0.25) is 0 Å². The third-order valence-electron chi connectivity index (χ3n) is 8.61. The average molecular weight is 589 g/mol. The van der Waals surface area contributed by atoms with E-state index in [1.165, 1.54) is 121 Å². The van der Waals surface area contributed by atoms with Gasteiger partial charge in [-0.3, -0.25) is 0 Å². The van der Waals surface area contributed by atoms with Crippen LogP contribution in [0.25, 0.3) is 0 Å². The molecule has 0 aromatic heterocycles. The van der Waals surface area contributed by atoms with Gasteiger partial charge in [-0.25, -0.2) is 0 Å². The number of hydrogen-bond donors (Lipinski definition) is 0. The van der Waals surface area contributed by atoms with Crippen molar-refractivity contribution in [3.05, 3.63) is 95.1 Å². The predicted molar refractivity (Wildman–Crippen MR) is 187 cm³/mol. The zero-order chi connectivity index (χ0) is 29.3. The molecule has 0 fully saturated rings. The molecule has 3 aromatic carbocycles. The highest BCUT2D eigenvalue weighted by Crippen LogP contribution is 2.40. The fourth-order valence-electron chi connectivity index (χ4n) is 5.79. The van der Waals surface area contributed by atoms with E-state index in [4.69, 9.17) is 0 Å². The molecule has 0 aliphatic rings. The quantitative estimate of drug-likeness (QED) is 0.0951. The monoisotopic (exact) mass is 588 g/mol. The van der Waals surface area contributed by atoms with E-state index in [0.717, 1.165) is 0 Å². The van der Waals surface area contributed by atoms with Crippen LogP contribution in [0.2, 0.25) is 0 Å². The Morgan fingerprint density at radius 2 is 1.12 bits per heavy atom. The van der Waals surface area contributed by atoms with Crippen LogP contribution in [-0.2, 0) is 5.41 Å². The Kier molecular flexibility index (Phi) is 15.5. The van der Waals surface area contributed by atoms with Crippen molar-refractivity contribution < 1.29 is 0 Å². The molecule has 0 nitrogen and oxygen atoms in total. The number of hydrogen-bond acceptors (Lipinski definition) is 2. The summed E-state index contributed by atoms with van der Waals surface area (Å²) in [6, 6.07) is 28.8. The summed E-state index contributed by atoms with van der Waals surface area (Å²) < 4.78 is 0. The number of benzene rings is 3. The van der Waals surface area contributed by atoms with Crippen LogP contribution >= 0.6 is 23.5 Å². The Hall–Kier alpha value is -1.64. The van der Waals surface area contributed by atoms with Gasteiger partial charge in [-0.05, 0) is 83.7 Å². The fraction of sp³-hybridized carbons (Fsp3) is 0.538. The molecular weight excluding hydrogens is 533 g/mol. The predicted octanol–water partition coefficient (Wildman–Crippen LogP) is 13.1. The van der Waals surface area contributed by atoms with Gasteiger partial charge < -0.3 is 0 Å². The first kappa shape index (κ1) is 33.9. The van der Waals surface area contributed by atoms with Crippen molar-refractivity contribution >= 4 is 23.5 Å². The summed E-state index contributed by atoms with van der Waals surface area (Å²) in [5.41, 5.74) is 5.91. The van der Waals surface area contributed by atoms with Crippen LogP contribution in [0.15, 0.2) is 82.6 Å². The Morgan fingerprint density at radius 1 is 0.561 bits per heavy atom. The number of unbranched alkanes of at least 4 members (excludes halogenated alkanes) is 6. The van der Waals surface area contributed by atoms with Crippen molar-refractivity contribution in [2.24, 2.45) is 0 Å². The van der Waals surface area contributed by atoms with Gasteiger partial charge in [-0.15, -0.1) is 23.5 Å². The zero-order valence-electron chi connectivity index (χ0n) is 26.7. The van der Waals surface area contributed by atoms with Crippen molar-refractivity contribution in [2.75, 3.05) is 11.5 Å². The van der Waals surface area contributed by atoms with Crippen molar-refractivity contribution in [1.29, 1.82) is 0 Å². The topological polar surface area (TPSA) is 0 Å². The van der Waals surface area contributed by atoms with E-state index in [2.05, 4.69) is 107 Å². The Labute approximate surface area is 261 Å². The molecule has 0 aliphatic heterocycles. The van der Waals surface area contributed by atoms with E-state index in [-0.39, 0.29) is 5.41 Å². The van der Waals surface area contributed by atoms with E-state index in [0.29, 0.717) is 5.92 Å². The first-order chi connectivity index (χ1) is 20.0. The summed E-state index contributed by atoms with van der Waals surface area (Å²) >= 11 is 4.00. The molecule has 0 radical (unpaired) electrons. The molecule has 2 unspecified atom stereocenters. The van der Waals surface area contributed by atoms with Crippen LogP contribution in [-0.4, -0.2) is 11.5 Å². The largest absolute Gasteiger partial charge is 0.126 e. The number of rotatable bonds is 20. The van der Waals surface area contributed by atoms with Gasteiger partial charge in [0.1, 0.15) is 0 Å². The molecule has 224 valence electrons. The third-order valence-corrected chi connectivity index (χ3v) is 10.8. The SMILES string of the molecule is CCCCCC(c1ccc(SCCCC)cc1)c1cccc(C(C)(CCCCC)c2ccc(SCCCC)cc2)c1. The molecule has 2 heteroatoms. The molecular formula is C39H56S2.